The van der Waals surface area contributed by atoms with E-state index in [9.17, 15) is 9.59 Å². The second-order valence-corrected chi connectivity index (χ2v) is 9.73. The van der Waals surface area contributed by atoms with Gasteiger partial charge in [0, 0.05) is 25.2 Å². The summed E-state index contributed by atoms with van der Waals surface area (Å²) in [6, 6.07) is 7.43. The van der Waals surface area contributed by atoms with Crippen LogP contribution in [-0.4, -0.2) is 38.1 Å². The van der Waals surface area contributed by atoms with Crippen LogP contribution in [0.4, 0.5) is 10.5 Å². The fraction of sp³-hybridized carbons (Fsp3) is 0.364. The Kier molecular flexibility index (Phi) is 5.09. The number of fused-ring (bicyclic) bond motifs is 3. The van der Waals surface area contributed by atoms with E-state index in [4.69, 9.17) is 4.74 Å². The highest BCUT2D eigenvalue weighted by Gasteiger charge is 2.21. The molecule has 0 atom stereocenters. The number of aromatic nitrogens is 4. The maximum absolute atomic E-state index is 13.2. The van der Waals surface area contributed by atoms with Crippen molar-refractivity contribution in [3.05, 3.63) is 51.4 Å². The molecule has 0 aliphatic carbocycles. The largest absolute Gasteiger partial charge is 0.443 e. The Morgan fingerprint density at radius 1 is 1.29 bits per heavy atom. The number of ether oxygens (including phenoxy) is 1. The molecule has 31 heavy (non-hydrogen) atoms. The first-order valence-corrected chi connectivity index (χ1v) is 10.7. The van der Waals surface area contributed by atoms with Crippen LogP contribution in [0.2, 0.25) is 0 Å². The van der Waals surface area contributed by atoms with Crippen molar-refractivity contribution in [2.45, 2.75) is 39.8 Å². The highest BCUT2D eigenvalue weighted by Crippen LogP contribution is 2.30. The summed E-state index contributed by atoms with van der Waals surface area (Å²) in [6.07, 6.45) is 1.29. The van der Waals surface area contributed by atoms with Crippen molar-refractivity contribution < 1.29 is 9.53 Å². The Bertz CT molecular complexity index is 1360. The minimum atomic E-state index is -0.578. The molecule has 0 fully saturated rings. The Morgan fingerprint density at radius 2 is 2.03 bits per heavy atom. The van der Waals surface area contributed by atoms with Crippen LogP contribution in [0.5, 0.6) is 0 Å². The van der Waals surface area contributed by atoms with Crippen molar-refractivity contribution in [3.63, 3.8) is 0 Å². The normalized spacial score (nSPS) is 11.9. The number of nitrogens with zero attached hydrogens (tertiary/aromatic N) is 5. The van der Waals surface area contributed by atoms with E-state index in [1.165, 1.54) is 9.58 Å². The van der Waals surface area contributed by atoms with Gasteiger partial charge in [-0.15, -0.1) is 11.3 Å². The van der Waals surface area contributed by atoms with Crippen molar-refractivity contribution >= 4 is 44.4 Å². The zero-order valence-electron chi connectivity index (χ0n) is 18.5. The molecule has 1 aromatic carbocycles. The van der Waals surface area contributed by atoms with Gasteiger partial charge in [0.2, 0.25) is 0 Å². The predicted molar refractivity (Wildman–Crippen MR) is 123 cm³/mol. The number of carbonyl (C=O) groups is 1. The SMILES string of the molecule is Cc1nc2c(s1)c1cnn(Cc3cccc(N(C)C(=O)OC(C)(C)C)c3)c(=O)c1n2C. The molecule has 0 unspecified atom stereocenters. The maximum atomic E-state index is 13.2. The topological polar surface area (TPSA) is 82.2 Å². The minimum absolute atomic E-state index is 0.172. The molecule has 3 heterocycles. The van der Waals surface area contributed by atoms with Gasteiger partial charge in [0.25, 0.3) is 5.56 Å². The van der Waals surface area contributed by atoms with Gasteiger partial charge < -0.3 is 9.30 Å². The molecule has 0 N–H and O–H groups in total. The molecule has 0 spiro atoms. The van der Waals surface area contributed by atoms with Gasteiger partial charge in [0.15, 0.2) is 5.65 Å². The average Bonchev–Trinajstić information content (AvgIpc) is 3.19. The molecule has 9 heteroatoms. The summed E-state index contributed by atoms with van der Waals surface area (Å²) < 4.78 is 9.68. The summed E-state index contributed by atoms with van der Waals surface area (Å²) in [5, 5.41) is 6.18. The number of carbonyl (C=O) groups excluding carboxylic acids is 1. The van der Waals surface area contributed by atoms with E-state index in [1.54, 1.807) is 24.6 Å². The quantitative estimate of drug-likeness (QED) is 0.481. The van der Waals surface area contributed by atoms with E-state index >= 15 is 0 Å². The zero-order chi connectivity index (χ0) is 22.5. The van der Waals surface area contributed by atoms with Crippen LogP contribution in [0.15, 0.2) is 35.3 Å². The Hall–Kier alpha value is -3.20. The third-order valence-electron chi connectivity index (χ3n) is 4.93. The predicted octanol–water partition coefficient (Wildman–Crippen LogP) is 4.07. The van der Waals surface area contributed by atoms with E-state index in [1.807, 2.05) is 63.6 Å². The van der Waals surface area contributed by atoms with Gasteiger partial charge >= 0.3 is 6.09 Å². The van der Waals surface area contributed by atoms with E-state index < -0.39 is 11.7 Å². The third-order valence-corrected chi connectivity index (χ3v) is 5.92. The van der Waals surface area contributed by atoms with Crippen LogP contribution in [0.1, 0.15) is 31.3 Å². The molecule has 4 rings (SSSR count). The molecule has 0 bridgehead atoms. The first-order chi connectivity index (χ1) is 14.5. The lowest BCUT2D eigenvalue weighted by Gasteiger charge is -2.25. The second-order valence-electron chi connectivity index (χ2n) is 8.52. The van der Waals surface area contributed by atoms with Crippen molar-refractivity contribution in [1.29, 1.82) is 0 Å². The molecule has 0 aliphatic rings. The lowest BCUT2D eigenvalue weighted by Crippen LogP contribution is -2.34. The second kappa shape index (κ2) is 7.49. The van der Waals surface area contributed by atoms with Gasteiger partial charge in [-0.05, 0) is 45.4 Å². The van der Waals surface area contributed by atoms with Gasteiger partial charge in [-0.25, -0.2) is 14.5 Å². The summed E-state index contributed by atoms with van der Waals surface area (Å²) in [5.74, 6) is 0. The maximum Gasteiger partial charge on any atom is 0.414 e. The summed E-state index contributed by atoms with van der Waals surface area (Å²) in [6.45, 7) is 7.72. The molecule has 0 aliphatic heterocycles. The molecule has 3 aromatic heterocycles. The number of hydrogen-bond acceptors (Lipinski definition) is 6. The van der Waals surface area contributed by atoms with Gasteiger partial charge in [-0.1, -0.05) is 12.1 Å². The highest BCUT2D eigenvalue weighted by molar-refractivity contribution is 7.19. The molecule has 0 radical (unpaired) electrons. The monoisotopic (exact) mass is 439 g/mol. The van der Waals surface area contributed by atoms with Crippen molar-refractivity contribution in [3.8, 4) is 0 Å². The van der Waals surface area contributed by atoms with E-state index in [-0.39, 0.29) is 12.1 Å². The lowest BCUT2D eigenvalue weighted by atomic mass is 10.2. The third kappa shape index (κ3) is 3.93. The van der Waals surface area contributed by atoms with Crippen molar-refractivity contribution in [2.24, 2.45) is 7.05 Å². The van der Waals surface area contributed by atoms with Gasteiger partial charge in [-0.3, -0.25) is 9.69 Å². The first-order valence-electron chi connectivity index (χ1n) is 9.92. The number of hydrogen-bond donors (Lipinski definition) is 0. The molecular weight excluding hydrogens is 414 g/mol. The summed E-state index contributed by atoms with van der Waals surface area (Å²) in [7, 11) is 3.52. The number of benzene rings is 1. The van der Waals surface area contributed by atoms with Crippen LogP contribution in [-0.2, 0) is 18.3 Å². The first kappa shape index (κ1) is 21.0. The minimum Gasteiger partial charge on any atom is -0.443 e. The lowest BCUT2D eigenvalue weighted by molar-refractivity contribution is 0.0589. The van der Waals surface area contributed by atoms with E-state index in [0.29, 0.717) is 11.2 Å². The number of aryl methyl sites for hydroxylation is 2. The summed E-state index contributed by atoms with van der Waals surface area (Å²) in [5.41, 5.74) is 2.17. The van der Waals surface area contributed by atoms with E-state index in [0.717, 1.165) is 26.3 Å². The molecular formula is C22H25N5O3S. The van der Waals surface area contributed by atoms with Crippen LogP contribution < -0.4 is 10.5 Å². The van der Waals surface area contributed by atoms with E-state index in [2.05, 4.69) is 10.1 Å². The molecule has 0 saturated heterocycles. The average molecular weight is 440 g/mol. The Morgan fingerprint density at radius 3 is 2.74 bits per heavy atom. The van der Waals surface area contributed by atoms with Crippen molar-refractivity contribution in [1.82, 2.24) is 19.3 Å². The summed E-state index contributed by atoms with van der Waals surface area (Å²) in [4.78, 5) is 31.5. The molecule has 1 amide bonds. The zero-order valence-corrected chi connectivity index (χ0v) is 19.3. The van der Waals surface area contributed by atoms with Gasteiger partial charge in [0.05, 0.1) is 22.4 Å². The molecule has 8 nitrogen and oxygen atoms in total. The van der Waals surface area contributed by atoms with Crippen LogP contribution in [0.25, 0.3) is 21.3 Å². The molecule has 4 aromatic rings. The number of anilines is 1. The number of rotatable bonds is 3. The fourth-order valence-electron chi connectivity index (χ4n) is 3.48. The van der Waals surface area contributed by atoms with Crippen LogP contribution >= 0.6 is 11.3 Å². The summed E-state index contributed by atoms with van der Waals surface area (Å²) >= 11 is 1.56. The Labute approximate surface area is 183 Å². The van der Waals surface area contributed by atoms with Crippen molar-refractivity contribution in [2.75, 3.05) is 11.9 Å². The van der Waals surface area contributed by atoms with Gasteiger partial charge in [0.1, 0.15) is 11.1 Å². The van der Waals surface area contributed by atoms with Gasteiger partial charge in [-0.2, -0.15) is 5.10 Å². The highest BCUT2D eigenvalue weighted by atomic mass is 32.1. The molecule has 0 saturated carbocycles. The number of thiazole rings is 1. The molecule has 162 valence electrons. The smallest absolute Gasteiger partial charge is 0.414 e. The van der Waals surface area contributed by atoms with Crippen LogP contribution in [0, 0.1) is 6.92 Å². The standard InChI is InChI=1S/C22H25N5O3S/c1-13-24-19-18(31-13)16-11-23-27(20(28)17(16)26(19)6)12-14-8-7-9-15(10-14)25(5)21(29)30-22(2,3)4/h7-11H,12H2,1-6H3. The van der Waals surface area contributed by atoms with Crippen LogP contribution in [0.3, 0.4) is 0 Å². The Balaban J connectivity index is 1.66. The fourth-order valence-corrected chi connectivity index (χ4v) is 4.44. The number of amides is 1.